The van der Waals surface area contributed by atoms with Crippen molar-refractivity contribution in [2.24, 2.45) is 0 Å². The number of nitrogens with one attached hydrogen (secondary N) is 1. The number of anilines is 1. The van der Waals surface area contributed by atoms with Crippen LogP contribution in [-0.4, -0.2) is 56.3 Å². The molecule has 1 amide bonds. The fourth-order valence-electron chi connectivity index (χ4n) is 3.04. The lowest BCUT2D eigenvalue weighted by molar-refractivity contribution is -0.117. The molecule has 2 aromatic rings. The Bertz CT molecular complexity index is 974. The molecule has 1 heterocycles. The van der Waals surface area contributed by atoms with Crippen molar-refractivity contribution in [2.75, 3.05) is 38.0 Å². The Morgan fingerprint density at radius 3 is 2.43 bits per heavy atom. The van der Waals surface area contributed by atoms with Gasteiger partial charge < -0.3 is 5.32 Å². The van der Waals surface area contributed by atoms with E-state index in [1.807, 2.05) is 11.8 Å². The molecule has 3 rings (SSSR count). The average molecular weight is 442 g/mol. The van der Waals surface area contributed by atoms with Crippen LogP contribution in [0.25, 0.3) is 0 Å². The lowest BCUT2D eigenvalue weighted by Crippen LogP contribution is -2.50. The summed E-state index contributed by atoms with van der Waals surface area (Å²) in [5, 5.41) is 3.84. The highest BCUT2D eigenvalue weighted by molar-refractivity contribution is 7.89. The number of carbonyl (C=O) groups excluding carboxylic acids is 1. The molecular formula is C19H21Cl2N3O3S. The van der Waals surface area contributed by atoms with E-state index in [0.29, 0.717) is 41.9 Å². The van der Waals surface area contributed by atoms with Crippen LogP contribution < -0.4 is 5.32 Å². The van der Waals surface area contributed by atoms with E-state index in [9.17, 15) is 13.2 Å². The fourth-order valence-corrected chi connectivity index (χ4v) is 4.94. The first-order valence-electron chi connectivity index (χ1n) is 8.80. The summed E-state index contributed by atoms with van der Waals surface area (Å²) in [6.07, 6.45) is 0. The second-order valence-corrected chi connectivity index (χ2v) is 9.38. The summed E-state index contributed by atoms with van der Waals surface area (Å²) in [6.45, 7) is 3.62. The van der Waals surface area contributed by atoms with Crippen LogP contribution in [0.15, 0.2) is 47.4 Å². The maximum absolute atomic E-state index is 12.7. The molecular weight excluding hydrogens is 421 g/mol. The van der Waals surface area contributed by atoms with Crippen molar-refractivity contribution in [3.63, 3.8) is 0 Å². The van der Waals surface area contributed by atoms with E-state index in [1.165, 1.54) is 16.4 Å². The molecule has 0 aromatic heterocycles. The van der Waals surface area contributed by atoms with Gasteiger partial charge in [-0.05, 0) is 42.8 Å². The van der Waals surface area contributed by atoms with Crippen molar-refractivity contribution < 1.29 is 13.2 Å². The minimum atomic E-state index is -3.59. The van der Waals surface area contributed by atoms with Crippen molar-refractivity contribution in [3.8, 4) is 0 Å². The van der Waals surface area contributed by atoms with Crippen LogP contribution in [0.3, 0.4) is 0 Å². The molecule has 1 saturated heterocycles. The summed E-state index contributed by atoms with van der Waals surface area (Å²) >= 11 is 12.0. The smallest absolute Gasteiger partial charge is 0.243 e. The largest absolute Gasteiger partial charge is 0.325 e. The highest BCUT2D eigenvalue weighted by Gasteiger charge is 2.29. The van der Waals surface area contributed by atoms with E-state index in [-0.39, 0.29) is 17.3 Å². The van der Waals surface area contributed by atoms with Crippen LogP contribution in [0.4, 0.5) is 5.69 Å². The predicted octanol–water partition coefficient (Wildman–Crippen LogP) is 3.25. The van der Waals surface area contributed by atoms with Crippen molar-refractivity contribution in [3.05, 3.63) is 58.1 Å². The van der Waals surface area contributed by atoms with Gasteiger partial charge in [-0.2, -0.15) is 4.31 Å². The zero-order valence-electron chi connectivity index (χ0n) is 15.4. The Labute approximate surface area is 175 Å². The SMILES string of the molecule is Cc1c(Cl)cccc1NC(=O)CN1CCN(S(=O)(=O)c2cccc(Cl)c2)CC1. The first kappa shape index (κ1) is 21.1. The van der Waals surface area contributed by atoms with Crippen molar-refractivity contribution in [1.29, 1.82) is 0 Å². The molecule has 0 spiro atoms. The Kier molecular flexibility index (Phi) is 6.62. The van der Waals surface area contributed by atoms with Gasteiger partial charge in [0.05, 0.1) is 11.4 Å². The summed E-state index contributed by atoms with van der Waals surface area (Å²) in [6, 6.07) is 11.6. The molecule has 1 aliphatic heterocycles. The summed E-state index contributed by atoms with van der Waals surface area (Å²) < 4.78 is 26.9. The third-order valence-corrected chi connectivity index (χ3v) is 7.21. The van der Waals surface area contributed by atoms with Gasteiger partial charge in [-0.1, -0.05) is 35.3 Å². The highest BCUT2D eigenvalue weighted by atomic mass is 35.5. The number of hydrogen-bond donors (Lipinski definition) is 1. The average Bonchev–Trinajstić information content (AvgIpc) is 2.66. The van der Waals surface area contributed by atoms with Crippen LogP contribution in [0.2, 0.25) is 10.0 Å². The third kappa shape index (κ3) is 4.85. The lowest BCUT2D eigenvalue weighted by atomic mass is 10.2. The Morgan fingerprint density at radius 2 is 1.75 bits per heavy atom. The third-order valence-electron chi connectivity index (χ3n) is 4.67. The Hall–Kier alpha value is -1.64. The molecule has 0 bridgehead atoms. The zero-order valence-corrected chi connectivity index (χ0v) is 17.7. The van der Waals surface area contributed by atoms with Gasteiger partial charge >= 0.3 is 0 Å². The molecule has 6 nitrogen and oxygen atoms in total. The number of hydrogen-bond acceptors (Lipinski definition) is 4. The standard InChI is InChI=1S/C19H21Cl2N3O3S/c1-14-17(21)6-3-7-18(14)22-19(25)13-23-8-10-24(11-9-23)28(26,27)16-5-2-4-15(20)12-16/h2-7,12H,8-11,13H2,1H3,(H,22,25). The fraction of sp³-hybridized carbons (Fsp3) is 0.316. The van der Waals surface area contributed by atoms with E-state index in [4.69, 9.17) is 23.2 Å². The van der Waals surface area contributed by atoms with E-state index in [0.717, 1.165) is 5.56 Å². The number of piperazine rings is 1. The molecule has 0 saturated carbocycles. The first-order chi connectivity index (χ1) is 13.3. The summed E-state index contributed by atoms with van der Waals surface area (Å²) in [5.74, 6) is -0.156. The quantitative estimate of drug-likeness (QED) is 0.772. The molecule has 0 aliphatic carbocycles. The normalized spacial score (nSPS) is 16.1. The van der Waals surface area contributed by atoms with Gasteiger partial charge in [-0.15, -0.1) is 0 Å². The number of sulfonamides is 1. The second-order valence-electron chi connectivity index (χ2n) is 6.60. The Morgan fingerprint density at radius 1 is 1.07 bits per heavy atom. The van der Waals surface area contributed by atoms with Gasteiger partial charge in [-0.3, -0.25) is 9.69 Å². The number of halogens is 2. The minimum absolute atomic E-state index is 0.156. The van der Waals surface area contributed by atoms with Gasteiger partial charge in [-0.25, -0.2) is 8.42 Å². The van der Waals surface area contributed by atoms with Crippen LogP contribution in [0.5, 0.6) is 0 Å². The first-order valence-corrected chi connectivity index (χ1v) is 11.0. The van der Waals surface area contributed by atoms with Crippen molar-refractivity contribution in [1.82, 2.24) is 9.21 Å². The van der Waals surface area contributed by atoms with Crippen LogP contribution in [0, 0.1) is 6.92 Å². The molecule has 0 atom stereocenters. The van der Waals surface area contributed by atoms with Gasteiger partial charge in [0.2, 0.25) is 15.9 Å². The Balaban J connectivity index is 1.56. The summed E-state index contributed by atoms with van der Waals surface area (Å²) in [7, 11) is -3.59. The predicted molar refractivity (Wildman–Crippen MR) is 111 cm³/mol. The maximum Gasteiger partial charge on any atom is 0.243 e. The van der Waals surface area contributed by atoms with E-state index in [1.54, 1.807) is 30.3 Å². The molecule has 1 N–H and O–H groups in total. The van der Waals surface area contributed by atoms with Crippen LogP contribution >= 0.6 is 23.2 Å². The zero-order chi connectivity index (χ0) is 20.3. The molecule has 2 aromatic carbocycles. The number of nitrogens with zero attached hydrogens (tertiary/aromatic N) is 2. The molecule has 28 heavy (non-hydrogen) atoms. The molecule has 9 heteroatoms. The number of carbonyl (C=O) groups is 1. The van der Waals surface area contributed by atoms with E-state index < -0.39 is 10.0 Å². The van der Waals surface area contributed by atoms with Gasteiger partial charge in [0.1, 0.15) is 0 Å². The minimum Gasteiger partial charge on any atom is -0.325 e. The highest BCUT2D eigenvalue weighted by Crippen LogP contribution is 2.23. The van der Waals surface area contributed by atoms with Crippen LogP contribution in [-0.2, 0) is 14.8 Å². The molecule has 1 aliphatic rings. The number of amides is 1. The van der Waals surface area contributed by atoms with Gasteiger partial charge in [0.25, 0.3) is 0 Å². The monoisotopic (exact) mass is 441 g/mol. The molecule has 0 radical (unpaired) electrons. The molecule has 150 valence electrons. The van der Waals surface area contributed by atoms with Gasteiger partial charge in [0.15, 0.2) is 0 Å². The van der Waals surface area contributed by atoms with Crippen molar-refractivity contribution >= 4 is 44.8 Å². The van der Waals surface area contributed by atoms with Crippen molar-refractivity contribution in [2.45, 2.75) is 11.8 Å². The number of benzene rings is 2. The second kappa shape index (κ2) is 8.80. The molecule has 0 unspecified atom stereocenters. The van der Waals surface area contributed by atoms with E-state index in [2.05, 4.69) is 5.32 Å². The lowest BCUT2D eigenvalue weighted by Gasteiger charge is -2.33. The van der Waals surface area contributed by atoms with Gasteiger partial charge in [0, 0.05) is 41.9 Å². The summed E-state index contributed by atoms with van der Waals surface area (Å²) in [4.78, 5) is 14.5. The number of rotatable bonds is 5. The molecule has 1 fully saturated rings. The topological polar surface area (TPSA) is 69.7 Å². The summed E-state index contributed by atoms with van der Waals surface area (Å²) in [5.41, 5.74) is 1.50. The maximum atomic E-state index is 12.7. The van der Waals surface area contributed by atoms with E-state index >= 15 is 0 Å². The van der Waals surface area contributed by atoms with Crippen LogP contribution in [0.1, 0.15) is 5.56 Å².